The first-order valence-electron chi connectivity index (χ1n) is 9.32. The molecule has 1 heterocycles. The van der Waals surface area contributed by atoms with E-state index in [0.717, 1.165) is 11.4 Å². The number of nitrogens with zero attached hydrogens (tertiary/aromatic N) is 4. The van der Waals surface area contributed by atoms with Gasteiger partial charge >= 0.3 is 5.97 Å². The van der Waals surface area contributed by atoms with Crippen LogP contribution < -0.4 is 10.1 Å². The maximum Gasteiger partial charge on any atom is 0.338 e. The minimum absolute atomic E-state index is 0.122. The van der Waals surface area contributed by atoms with Crippen LogP contribution in [0.15, 0.2) is 53.7 Å². The highest BCUT2D eigenvalue weighted by Gasteiger charge is 2.12. The number of esters is 1. The molecular formula is C20H21N5O4S. The van der Waals surface area contributed by atoms with E-state index in [-0.39, 0.29) is 11.7 Å². The quantitative estimate of drug-likeness (QED) is 0.410. The Bertz CT molecular complexity index is 989. The van der Waals surface area contributed by atoms with E-state index in [2.05, 4.69) is 20.8 Å². The third-order valence-corrected chi connectivity index (χ3v) is 4.76. The van der Waals surface area contributed by atoms with Crippen LogP contribution in [0.25, 0.3) is 5.69 Å². The van der Waals surface area contributed by atoms with E-state index in [9.17, 15) is 9.59 Å². The second-order valence-corrected chi connectivity index (χ2v) is 6.88. The first-order chi connectivity index (χ1) is 14.6. The number of rotatable bonds is 9. The largest absolute Gasteiger partial charge is 0.494 e. The smallest absolute Gasteiger partial charge is 0.338 e. The molecule has 0 aliphatic heterocycles. The van der Waals surface area contributed by atoms with Crippen LogP contribution in [0.4, 0.5) is 5.69 Å². The number of hydrogen-bond donors (Lipinski definition) is 1. The molecule has 30 heavy (non-hydrogen) atoms. The van der Waals surface area contributed by atoms with Crippen molar-refractivity contribution in [3.05, 3.63) is 54.1 Å². The van der Waals surface area contributed by atoms with Gasteiger partial charge in [-0.3, -0.25) is 4.79 Å². The Morgan fingerprint density at radius 3 is 2.43 bits per heavy atom. The zero-order valence-corrected chi connectivity index (χ0v) is 17.4. The number of amides is 1. The fraction of sp³-hybridized carbons (Fsp3) is 0.250. The number of benzene rings is 2. The third-order valence-electron chi connectivity index (χ3n) is 3.85. The van der Waals surface area contributed by atoms with Gasteiger partial charge in [-0.2, -0.15) is 4.68 Å². The molecule has 0 aliphatic rings. The van der Waals surface area contributed by atoms with Crippen LogP contribution in [0.1, 0.15) is 24.2 Å². The van der Waals surface area contributed by atoms with Crippen LogP contribution in [-0.4, -0.2) is 51.1 Å². The number of tetrazole rings is 1. The molecule has 1 N–H and O–H groups in total. The lowest BCUT2D eigenvalue weighted by molar-refractivity contribution is -0.113. The molecule has 3 rings (SSSR count). The van der Waals surface area contributed by atoms with Crippen LogP contribution in [0, 0.1) is 0 Å². The van der Waals surface area contributed by atoms with Crippen LogP contribution in [0.5, 0.6) is 5.75 Å². The molecule has 1 amide bonds. The zero-order valence-electron chi connectivity index (χ0n) is 16.6. The van der Waals surface area contributed by atoms with Gasteiger partial charge in [-0.25, -0.2) is 4.79 Å². The van der Waals surface area contributed by atoms with Gasteiger partial charge < -0.3 is 14.8 Å². The molecule has 0 unspecified atom stereocenters. The van der Waals surface area contributed by atoms with Gasteiger partial charge in [0.05, 0.1) is 30.2 Å². The van der Waals surface area contributed by atoms with Crippen molar-refractivity contribution < 1.29 is 19.1 Å². The average Bonchev–Trinajstić information content (AvgIpc) is 3.22. The van der Waals surface area contributed by atoms with Crippen molar-refractivity contribution >= 4 is 29.3 Å². The molecule has 156 valence electrons. The van der Waals surface area contributed by atoms with E-state index in [4.69, 9.17) is 9.47 Å². The summed E-state index contributed by atoms with van der Waals surface area (Å²) in [5.74, 6) is 0.269. The Morgan fingerprint density at radius 2 is 1.77 bits per heavy atom. The van der Waals surface area contributed by atoms with E-state index in [1.54, 1.807) is 35.9 Å². The standard InChI is InChI=1S/C20H21N5O4S/c1-3-28-17-11-9-16(10-12-17)25-20(22-23-24-25)30-13-18(26)21-15-7-5-14(6-8-15)19(27)29-4-2/h5-12H,3-4,13H2,1-2H3,(H,21,26). The van der Waals surface area contributed by atoms with Crippen molar-refractivity contribution in [2.45, 2.75) is 19.0 Å². The predicted molar refractivity (Wildman–Crippen MR) is 112 cm³/mol. The van der Waals surface area contributed by atoms with Gasteiger partial charge in [0.25, 0.3) is 0 Å². The summed E-state index contributed by atoms with van der Waals surface area (Å²) >= 11 is 1.21. The second-order valence-electron chi connectivity index (χ2n) is 5.93. The number of ether oxygens (including phenoxy) is 2. The summed E-state index contributed by atoms with van der Waals surface area (Å²) in [6.07, 6.45) is 0. The Morgan fingerprint density at radius 1 is 1.03 bits per heavy atom. The molecule has 3 aromatic rings. The van der Waals surface area contributed by atoms with Crippen molar-refractivity contribution in [1.82, 2.24) is 20.2 Å². The maximum atomic E-state index is 12.3. The highest BCUT2D eigenvalue weighted by molar-refractivity contribution is 7.99. The number of carbonyl (C=O) groups excluding carboxylic acids is 2. The first-order valence-corrected chi connectivity index (χ1v) is 10.3. The number of thioether (sulfide) groups is 1. The summed E-state index contributed by atoms with van der Waals surface area (Å²) in [7, 11) is 0. The molecule has 0 fully saturated rings. The normalized spacial score (nSPS) is 10.5. The van der Waals surface area contributed by atoms with Crippen molar-refractivity contribution in [3.8, 4) is 11.4 Å². The molecule has 0 saturated carbocycles. The Labute approximate surface area is 177 Å². The van der Waals surface area contributed by atoms with Gasteiger partial charge in [-0.1, -0.05) is 11.8 Å². The highest BCUT2D eigenvalue weighted by atomic mass is 32.2. The lowest BCUT2D eigenvalue weighted by Gasteiger charge is -2.07. The van der Waals surface area contributed by atoms with Crippen LogP contribution in [-0.2, 0) is 9.53 Å². The second kappa shape index (κ2) is 10.4. The Kier molecular flexibility index (Phi) is 7.39. The summed E-state index contributed by atoms with van der Waals surface area (Å²) in [5, 5.41) is 14.9. The molecule has 10 heteroatoms. The molecular weight excluding hydrogens is 406 g/mol. The number of hydrogen-bond acceptors (Lipinski definition) is 8. The van der Waals surface area contributed by atoms with E-state index >= 15 is 0 Å². The van der Waals surface area contributed by atoms with Gasteiger partial charge in [0.1, 0.15) is 5.75 Å². The lowest BCUT2D eigenvalue weighted by atomic mass is 10.2. The molecule has 0 atom stereocenters. The van der Waals surface area contributed by atoms with Crippen molar-refractivity contribution in [3.63, 3.8) is 0 Å². The third kappa shape index (κ3) is 5.57. The minimum atomic E-state index is -0.396. The molecule has 2 aromatic carbocycles. The fourth-order valence-electron chi connectivity index (χ4n) is 2.51. The SMILES string of the molecule is CCOC(=O)c1ccc(NC(=O)CSc2nnnn2-c2ccc(OCC)cc2)cc1. The molecule has 9 nitrogen and oxygen atoms in total. The summed E-state index contributed by atoms with van der Waals surface area (Å²) in [5.41, 5.74) is 1.78. The summed E-state index contributed by atoms with van der Waals surface area (Å²) in [4.78, 5) is 23.9. The molecule has 1 aromatic heterocycles. The Hall–Kier alpha value is -3.40. The molecule has 0 saturated heterocycles. The highest BCUT2D eigenvalue weighted by Crippen LogP contribution is 2.21. The maximum absolute atomic E-state index is 12.3. The van der Waals surface area contributed by atoms with Crippen LogP contribution in [0.2, 0.25) is 0 Å². The number of aromatic nitrogens is 4. The lowest BCUT2D eigenvalue weighted by Crippen LogP contribution is -2.15. The number of nitrogens with one attached hydrogen (secondary N) is 1. The molecule has 0 spiro atoms. The monoisotopic (exact) mass is 427 g/mol. The van der Waals surface area contributed by atoms with E-state index in [1.807, 2.05) is 31.2 Å². The molecule has 0 radical (unpaired) electrons. The summed E-state index contributed by atoms with van der Waals surface area (Å²) in [6.45, 7) is 4.57. The fourth-order valence-corrected chi connectivity index (χ4v) is 3.20. The van der Waals surface area contributed by atoms with Gasteiger partial charge in [0, 0.05) is 5.69 Å². The first kappa shape index (κ1) is 21.3. The summed E-state index contributed by atoms with van der Waals surface area (Å²) < 4.78 is 11.9. The van der Waals surface area contributed by atoms with Gasteiger partial charge in [-0.15, -0.1) is 5.10 Å². The van der Waals surface area contributed by atoms with Crippen molar-refractivity contribution in [2.24, 2.45) is 0 Å². The molecule has 0 aliphatic carbocycles. The van der Waals surface area contributed by atoms with Crippen molar-refractivity contribution in [1.29, 1.82) is 0 Å². The molecule has 0 bridgehead atoms. The topological polar surface area (TPSA) is 108 Å². The summed E-state index contributed by atoms with van der Waals surface area (Å²) in [6, 6.07) is 13.9. The van der Waals surface area contributed by atoms with E-state index < -0.39 is 5.97 Å². The van der Waals surface area contributed by atoms with Crippen LogP contribution in [0.3, 0.4) is 0 Å². The Balaban J connectivity index is 1.57. The van der Waals surface area contributed by atoms with Crippen molar-refractivity contribution in [2.75, 3.05) is 24.3 Å². The zero-order chi connectivity index (χ0) is 21.3. The van der Waals surface area contributed by atoms with Gasteiger partial charge in [0.15, 0.2) is 0 Å². The predicted octanol–water partition coefficient (Wildman–Crippen LogP) is 2.97. The van der Waals surface area contributed by atoms with Gasteiger partial charge in [0.2, 0.25) is 11.1 Å². The minimum Gasteiger partial charge on any atom is -0.494 e. The number of carbonyl (C=O) groups is 2. The average molecular weight is 427 g/mol. The van der Waals surface area contributed by atoms with Crippen LogP contribution >= 0.6 is 11.8 Å². The van der Waals surface area contributed by atoms with E-state index in [0.29, 0.717) is 29.6 Å². The number of anilines is 1. The van der Waals surface area contributed by atoms with E-state index in [1.165, 1.54) is 11.8 Å². The van der Waals surface area contributed by atoms with Gasteiger partial charge in [-0.05, 0) is 72.8 Å².